The van der Waals surface area contributed by atoms with Crippen molar-refractivity contribution in [1.29, 1.82) is 0 Å². The van der Waals surface area contributed by atoms with Crippen LogP contribution >= 0.6 is 0 Å². The molecule has 0 saturated carbocycles. The Balaban J connectivity index is 1.53. The molecule has 0 saturated heterocycles. The largest absolute Gasteiger partial charge is 0.405 e. The van der Waals surface area contributed by atoms with E-state index < -0.39 is 26.6 Å². The lowest BCUT2D eigenvalue weighted by Gasteiger charge is -2.44. The molecule has 268 valence electrons. The van der Waals surface area contributed by atoms with E-state index in [-0.39, 0.29) is 25.0 Å². The van der Waals surface area contributed by atoms with Crippen molar-refractivity contribution >= 4 is 18.7 Å². The molecule has 0 aliphatic carbocycles. The van der Waals surface area contributed by atoms with Crippen LogP contribution < -0.4 is 10.4 Å². The standard InChI is InChI=1S/C44H52O6Si/c1-44(2,3)51(39-26-16-8-17-27-39,40-28-18-9-19-29-40)50-34-42(47-31-37-22-12-6-13-23-37)43(48-32-38-24-14-7-15-25-38)41(49-35-45-4)33-46-30-36-20-10-5-11-21-36/h5-29,41-43H,30-35H2,1-4H3/t41-,42+,43+/m1/s1. The van der Waals surface area contributed by atoms with E-state index in [1.165, 1.54) is 10.4 Å². The van der Waals surface area contributed by atoms with Gasteiger partial charge in [0.15, 0.2) is 0 Å². The maximum absolute atomic E-state index is 7.48. The van der Waals surface area contributed by atoms with E-state index in [1.54, 1.807) is 7.11 Å². The van der Waals surface area contributed by atoms with Gasteiger partial charge in [0.05, 0.1) is 33.0 Å². The lowest BCUT2D eigenvalue weighted by Crippen LogP contribution is -2.67. The second kappa shape index (κ2) is 19.6. The van der Waals surface area contributed by atoms with Gasteiger partial charge in [-0.2, -0.15) is 0 Å². The summed E-state index contributed by atoms with van der Waals surface area (Å²) in [5, 5.41) is 2.18. The van der Waals surface area contributed by atoms with Gasteiger partial charge in [-0.05, 0) is 32.1 Å². The van der Waals surface area contributed by atoms with Crippen molar-refractivity contribution in [1.82, 2.24) is 0 Å². The lowest BCUT2D eigenvalue weighted by molar-refractivity contribution is -0.193. The Hall–Kier alpha value is -3.92. The third-order valence-electron chi connectivity index (χ3n) is 9.00. The van der Waals surface area contributed by atoms with Crippen LogP contribution in [0.25, 0.3) is 0 Å². The summed E-state index contributed by atoms with van der Waals surface area (Å²) >= 11 is 0. The number of hydrogen-bond donors (Lipinski definition) is 0. The van der Waals surface area contributed by atoms with Gasteiger partial charge in [-0.15, -0.1) is 0 Å². The summed E-state index contributed by atoms with van der Waals surface area (Å²) in [6.07, 6.45) is -1.63. The van der Waals surface area contributed by atoms with Crippen molar-refractivity contribution in [3.63, 3.8) is 0 Å². The molecule has 0 aromatic heterocycles. The molecule has 51 heavy (non-hydrogen) atoms. The first-order valence-corrected chi connectivity index (χ1v) is 19.6. The number of hydrogen-bond acceptors (Lipinski definition) is 6. The van der Waals surface area contributed by atoms with Gasteiger partial charge in [0.2, 0.25) is 0 Å². The van der Waals surface area contributed by atoms with Crippen molar-refractivity contribution in [2.75, 3.05) is 27.1 Å². The van der Waals surface area contributed by atoms with Gasteiger partial charge in [-0.1, -0.05) is 172 Å². The van der Waals surface area contributed by atoms with Gasteiger partial charge in [0, 0.05) is 7.11 Å². The lowest BCUT2D eigenvalue weighted by atomic mass is 10.1. The highest BCUT2D eigenvalue weighted by molar-refractivity contribution is 6.99. The van der Waals surface area contributed by atoms with Gasteiger partial charge >= 0.3 is 0 Å². The third-order valence-corrected chi connectivity index (χ3v) is 14.0. The highest BCUT2D eigenvalue weighted by Gasteiger charge is 2.51. The summed E-state index contributed by atoms with van der Waals surface area (Å²) in [7, 11) is -1.29. The first kappa shape index (κ1) is 38.3. The molecule has 5 aromatic carbocycles. The van der Waals surface area contributed by atoms with Crippen molar-refractivity contribution in [2.45, 2.75) is 63.9 Å². The fourth-order valence-electron chi connectivity index (χ4n) is 6.47. The molecule has 7 heteroatoms. The van der Waals surface area contributed by atoms with Gasteiger partial charge in [-0.25, -0.2) is 0 Å². The molecule has 0 aliphatic heterocycles. The molecule has 0 bridgehead atoms. The number of benzene rings is 5. The van der Waals surface area contributed by atoms with Crippen LogP contribution in [0.2, 0.25) is 5.04 Å². The minimum atomic E-state index is -2.92. The van der Waals surface area contributed by atoms with Crippen LogP contribution in [0.15, 0.2) is 152 Å². The fourth-order valence-corrected chi connectivity index (χ4v) is 11.0. The van der Waals surface area contributed by atoms with E-state index in [0.29, 0.717) is 19.8 Å². The maximum atomic E-state index is 7.48. The summed E-state index contributed by atoms with van der Waals surface area (Å²) in [5.74, 6) is 0. The molecule has 0 N–H and O–H groups in total. The first-order chi connectivity index (χ1) is 24.9. The Labute approximate surface area is 305 Å². The average molecular weight is 705 g/mol. The number of ether oxygens (including phenoxy) is 5. The van der Waals surface area contributed by atoms with Gasteiger partial charge in [0.25, 0.3) is 8.32 Å². The van der Waals surface area contributed by atoms with Crippen molar-refractivity contribution in [2.24, 2.45) is 0 Å². The molecule has 0 heterocycles. The SMILES string of the molecule is COCO[C@H](COCc1ccccc1)[C@H](OCc1ccccc1)[C@H](CO[Si](c1ccccc1)(c1ccccc1)C(C)(C)C)OCc1ccccc1. The van der Waals surface area contributed by atoms with E-state index in [0.717, 1.165) is 16.7 Å². The molecular weight excluding hydrogens is 653 g/mol. The third kappa shape index (κ3) is 10.8. The molecule has 0 amide bonds. The zero-order valence-electron chi connectivity index (χ0n) is 30.4. The smallest absolute Gasteiger partial charge is 0.261 e. The van der Waals surface area contributed by atoms with Crippen LogP contribution in [-0.2, 0) is 47.9 Å². The summed E-state index contributed by atoms with van der Waals surface area (Å²) in [4.78, 5) is 0. The first-order valence-electron chi connectivity index (χ1n) is 17.7. The molecule has 5 rings (SSSR count). The van der Waals surface area contributed by atoms with Crippen molar-refractivity contribution < 1.29 is 28.1 Å². The minimum absolute atomic E-state index is 0.0749. The predicted octanol–water partition coefficient (Wildman–Crippen LogP) is 7.94. The summed E-state index contributed by atoms with van der Waals surface area (Å²) in [5.41, 5.74) is 3.19. The van der Waals surface area contributed by atoms with Crippen LogP contribution in [0.4, 0.5) is 0 Å². The Morgan fingerprint density at radius 1 is 0.490 bits per heavy atom. The van der Waals surface area contributed by atoms with Crippen LogP contribution in [0, 0.1) is 0 Å². The molecule has 5 aromatic rings. The second-order valence-electron chi connectivity index (χ2n) is 13.7. The molecule has 0 spiro atoms. The molecule has 0 unspecified atom stereocenters. The van der Waals surface area contributed by atoms with Crippen LogP contribution in [-0.4, -0.2) is 53.7 Å². The number of rotatable bonds is 20. The normalized spacial score (nSPS) is 13.8. The van der Waals surface area contributed by atoms with E-state index >= 15 is 0 Å². The molecule has 3 atom stereocenters. The van der Waals surface area contributed by atoms with E-state index in [2.05, 4.69) is 118 Å². The Bertz CT molecular complexity index is 1610. The predicted molar refractivity (Wildman–Crippen MR) is 206 cm³/mol. The fraction of sp³-hybridized carbons (Fsp3) is 0.318. The Kier molecular flexibility index (Phi) is 14.7. The maximum Gasteiger partial charge on any atom is 0.261 e. The summed E-state index contributed by atoms with van der Waals surface area (Å²) in [6.45, 7) is 8.63. The molecule has 0 radical (unpaired) electrons. The summed E-state index contributed by atoms with van der Waals surface area (Å²) in [6, 6.07) is 51.8. The molecular formula is C44H52O6Si. The number of methoxy groups -OCH3 is 1. The van der Waals surface area contributed by atoms with E-state index in [1.807, 2.05) is 54.6 Å². The van der Waals surface area contributed by atoms with Gasteiger partial charge in [0.1, 0.15) is 25.1 Å². The van der Waals surface area contributed by atoms with Crippen molar-refractivity contribution in [3.8, 4) is 0 Å². The summed E-state index contributed by atoms with van der Waals surface area (Å²) < 4.78 is 39.4. The van der Waals surface area contributed by atoms with Gasteiger partial charge in [-0.3, -0.25) is 0 Å². The average Bonchev–Trinajstić information content (AvgIpc) is 3.17. The van der Waals surface area contributed by atoms with Gasteiger partial charge < -0.3 is 28.1 Å². The Morgan fingerprint density at radius 3 is 1.35 bits per heavy atom. The van der Waals surface area contributed by atoms with Crippen LogP contribution in [0.5, 0.6) is 0 Å². The Morgan fingerprint density at radius 2 is 0.902 bits per heavy atom. The van der Waals surface area contributed by atoms with E-state index in [4.69, 9.17) is 28.1 Å². The minimum Gasteiger partial charge on any atom is -0.405 e. The molecule has 0 aliphatic rings. The molecule has 0 fully saturated rings. The van der Waals surface area contributed by atoms with Crippen LogP contribution in [0.1, 0.15) is 37.5 Å². The quantitative estimate of drug-likeness (QED) is 0.0606. The van der Waals surface area contributed by atoms with Crippen LogP contribution in [0.3, 0.4) is 0 Å². The topological polar surface area (TPSA) is 55.4 Å². The molecule has 6 nitrogen and oxygen atoms in total. The zero-order valence-corrected chi connectivity index (χ0v) is 31.4. The highest BCUT2D eigenvalue weighted by Crippen LogP contribution is 2.37. The van der Waals surface area contributed by atoms with Crippen molar-refractivity contribution in [3.05, 3.63) is 168 Å². The zero-order chi connectivity index (χ0) is 35.8. The highest BCUT2D eigenvalue weighted by atomic mass is 28.4. The second-order valence-corrected chi connectivity index (χ2v) is 18.0. The van der Waals surface area contributed by atoms with E-state index in [9.17, 15) is 0 Å². The monoisotopic (exact) mass is 704 g/mol.